The van der Waals surface area contributed by atoms with E-state index in [1.807, 2.05) is 35.2 Å². The van der Waals surface area contributed by atoms with E-state index in [0.29, 0.717) is 42.6 Å². The van der Waals surface area contributed by atoms with Crippen LogP contribution >= 0.6 is 0 Å². The number of aryl methyl sites for hydroxylation is 1. The van der Waals surface area contributed by atoms with Crippen LogP contribution in [-0.4, -0.2) is 48.8 Å². The first kappa shape index (κ1) is 21.7. The Balaban J connectivity index is 1.47. The van der Waals surface area contributed by atoms with Gasteiger partial charge in [-0.3, -0.25) is 4.79 Å². The van der Waals surface area contributed by atoms with E-state index in [4.69, 9.17) is 18.7 Å². The van der Waals surface area contributed by atoms with Gasteiger partial charge in [-0.05, 0) is 49.1 Å². The predicted octanol–water partition coefficient (Wildman–Crippen LogP) is 4.06. The van der Waals surface area contributed by atoms with E-state index in [9.17, 15) is 4.79 Å². The summed E-state index contributed by atoms with van der Waals surface area (Å²) in [6.45, 7) is 0.684. The molecule has 0 radical (unpaired) electrons. The summed E-state index contributed by atoms with van der Waals surface area (Å²) in [6, 6.07) is 13.0. The lowest BCUT2D eigenvalue weighted by molar-refractivity contribution is -0.132. The van der Waals surface area contributed by atoms with Crippen molar-refractivity contribution in [2.45, 2.75) is 31.7 Å². The van der Waals surface area contributed by atoms with Crippen molar-refractivity contribution in [3.05, 3.63) is 53.9 Å². The largest absolute Gasteiger partial charge is 0.496 e. The summed E-state index contributed by atoms with van der Waals surface area (Å²) in [4.78, 5) is 19.4. The number of ether oxygens (including phenoxy) is 3. The fourth-order valence-electron chi connectivity index (χ4n) is 4.08. The molecule has 8 nitrogen and oxygen atoms in total. The number of rotatable bonds is 8. The third-order valence-electron chi connectivity index (χ3n) is 5.74. The Morgan fingerprint density at radius 1 is 1.06 bits per heavy atom. The van der Waals surface area contributed by atoms with Crippen molar-refractivity contribution in [2.75, 3.05) is 27.9 Å². The Labute approximate surface area is 187 Å². The summed E-state index contributed by atoms with van der Waals surface area (Å²) in [5.74, 6) is 3.00. The number of para-hydroxylation sites is 1. The van der Waals surface area contributed by atoms with E-state index >= 15 is 0 Å². The second kappa shape index (κ2) is 9.72. The van der Waals surface area contributed by atoms with Crippen molar-refractivity contribution >= 4 is 5.91 Å². The van der Waals surface area contributed by atoms with E-state index in [1.54, 1.807) is 33.5 Å². The van der Waals surface area contributed by atoms with Crippen molar-refractivity contribution in [1.82, 2.24) is 15.0 Å². The van der Waals surface area contributed by atoms with Crippen LogP contribution in [-0.2, 0) is 11.2 Å². The molecule has 0 bridgehead atoms. The number of likely N-dealkylation sites (tertiary alicyclic amines) is 1. The topological polar surface area (TPSA) is 86.9 Å². The molecule has 1 atom stereocenters. The van der Waals surface area contributed by atoms with E-state index in [0.717, 1.165) is 29.7 Å². The summed E-state index contributed by atoms with van der Waals surface area (Å²) in [6.07, 6.45) is 2.72. The first-order valence-corrected chi connectivity index (χ1v) is 10.6. The zero-order valence-corrected chi connectivity index (χ0v) is 18.5. The molecule has 1 aliphatic heterocycles. The molecule has 1 saturated heterocycles. The third-order valence-corrected chi connectivity index (χ3v) is 5.74. The van der Waals surface area contributed by atoms with Crippen molar-refractivity contribution in [2.24, 2.45) is 0 Å². The van der Waals surface area contributed by atoms with Gasteiger partial charge in [0.25, 0.3) is 0 Å². The summed E-state index contributed by atoms with van der Waals surface area (Å²) >= 11 is 0. The second-order valence-corrected chi connectivity index (χ2v) is 7.58. The normalized spacial score (nSPS) is 15.6. The maximum Gasteiger partial charge on any atom is 0.249 e. The zero-order valence-electron chi connectivity index (χ0n) is 18.5. The van der Waals surface area contributed by atoms with Gasteiger partial charge in [0.05, 0.1) is 21.3 Å². The summed E-state index contributed by atoms with van der Waals surface area (Å²) < 4.78 is 21.6. The average Bonchev–Trinajstić information content (AvgIpc) is 3.52. The molecule has 3 aromatic rings. The number of hydrogen-bond acceptors (Lipinski definition) is 7. The summed E-state index contributed by atoms with van der Waals surface area (Å²) in [5, 5.41) is 4.13. The van der Waals surface area contributed by atoms with Crippen molar-refractivity contribution in [3.8, 4) is 28.6 Å². The Morgan fingerprint density at radius 2 is 1.84 bits per heavy atom. The molecule has 0 N–H and O–H groups in total. The molecular formula is C24H27N3O5. The lowest BCUT2D eigenvalue weighted by Gasteiger charge is -2.22. The number of nitrogens with zero attached hydrogens (tertiary/aromatic N) is 3. The number of aromatic nitrogens is 2. The van der Waals surface area contributed by atoms with Gasteiger partial charge in [0.15, 0.2) is 11.5 Å². The van der Waals surface area contributed by atoms with Crippen LogP contribution in [0.5, 0.6) is 17.2 Å². The summed E-state index contributed by atoms with van der Waals surface area (Å²) in [5.41, 5.74) is 1.78. The molecule has 8 heteroatoms. The molecule has 1 fully saturated rings. The lowest BCUT2D eigenvalue weighted by Crippen LogP contribution is -2.30. The van der Waals surface area contributed by atoms with Crippen LogP contribution in [0, 0.1) is 0 Å². The summed E-state index contributed by atoms with van der Waals surface area (Å²) in [7, 11) is 4.81. The van der Waals surface area contributed by atoms with Gasteiger partial charge in [0, 0.05) is 18.5 Å². The standard InChI is InChI=1S/C24H27N3O5/c1-29-19-9-5-4-7-16(19)11-13-22(28)27-14-6-8-18(27)24-25-23(26-32-24)17-10-12-20(30-2)21(15-17)31-3/h4-5,7,9-10,12,15,18H,6,8,11,13-14H2,1-3H3/t18-/m1/s1. The molecular weight excluding hydrogens is 410 g/mol. The molecule has 0 saturated carbocycles. The van der Waals surface area contributed by atoms with Crippen LogP contribution in [0.25, 0.3) is 11.4 Å². The van der Waals surface area contributed by atoms with Gasteiger partial charge >= 0.3 is 0 Å². The predicted molar refractivity (Wildman–Crippen MR) is 118 cm³/mol. The molecule has 0 aliphatic carbocycles. The molecule has 2 heterocycles. The second-order valence-electron chi connectivity index (χ2n) is 7.58. The molecule has 1 aromatic heterocycles. The van der Waals surface area contributed by atoms with Crippen LogP contribution in [0.2, 0.25) is 0 Å². The van der Waals surface area contributed by atoms with Gasteiger partial charge in [-0.15, -0.1) is 0 Å². The Hall–Kier alpha value is -3.55. The maximum atomic E-state index is 13.0. The van der Waals surface area contributed by atoms with E-state index in [1.165, 1.54) is 0 Å². The van der Waals surface area contributed by atoms with Crippen LogP contribution in [0.1, 0.15) is 36.8 Å². The van der Waals surface area contributed by atoms with E-state index in [-0.39, 0.29) is 11.9 Å². The zero-order chi connectivity index (χ0) is 22.5. The number of carbonyl (C=O) groups excluding carboxylic acids is 1. The Kier molecular flexibility index (Phi) is 6.58. The van der Waals surface area contributed by atoms with Crippen LogP contribution in [0.15, 0.2) is 47.0 Å². The van der Waals surface area contributed by atoms with Gasteiger partial charge in [-0.1, -0.05) is 23.4 Å². The first-order chi connectivity index (χ1) is 15.6. The fraction of sp³-hybridized carbons (Fsp3) is 0.375. The molecule has 0 spiro atoms. The molecule has 32 heavy (non-hydrogen) atoms. The van der Waals surface area contributed by atoms with Crippen LogP contribution in [0.4, 0.5) is 0 Å². The van der Waals surface area contributed by atoms with Gasteiger partial charge in [-0.2, -0.15) is 4.98 Å². The molecule has 1 amide bonds. The van der Waals surface area contributed by atoms with Crippen molar-refractivity contribution in [3.63, 3.8) is 0 Å². The number of hydrogen-bond donors (Lipinski definition) is 0. The average molecular weight is 437 g/mol. The van der Waals surface area contributed by atoms with Gasteiger partial charge in [-0.25, -0.2) is 0 Å². The molecule has 1 aliphatic rings. The van der Waals surface area contributed by atoms with Gasteiger partial charge in [0.2, 0.25) is 17.6 Å². The van der Waals surface area contributed by atoms with E-state index < -0.39 is 0 Å². The highest BCUT2D eigenvalue weighted by Crippen LogP contribution is 2.35. The minimum Gasteiger partial charge on any atom is -0.496 e. The van der Waals surface area contributed by atoms with Gasteiger partial charge in [0.1, 0.15) is 11.8 Å². The number of carbonyl (C=O) groups is 1. The molecule has 2 aromatic carbocycles. The highest BCUT2D eigenvalue weighted by Gasteiger charge is 2.34. The fourth-order valence-corrected chi connectivity index (χ4v) is 4.08. The van der Waals surface area contributed by atoms with Crippen LogP contribution < -0.4 is 14.2 Å². The molecule has 0 unspecified atom stereocenters. The third kappa shape index (κ3) is 4.39. The Bertz CT molecular complexity index is 1080. The maximum absolute atomic E-state index is 13.0. The lowest BCUT2D eigenvalue weighted by atomic mass is 10.1. The number of methoxy groups -OCH3 is 3. The highest BCUT2D eigenvalue weighted by atomic mass is 16.5. The molecule has 168 valence electrons. The smallest absolute Gasteiger partial charge is 0.249 e. The van der Waals surface area contributed by atoms with Crippen molar-refractivity contribution in [1.29, 1.82) is 0 Å². The van der Waals surface area contributed by atoms with Crippen molar-refractivity contribution < 1.29 is 23.5 Å². The SMILES string of the molecule is COc1ccccc1CCC(=O)N1CCC[C@@H]1c1nc(-c2ccc(OC)c(OC)c2)no1. The minimum atomic E-state index is -0.207. The quantitative estimate of drug-likeness (QED) is 0.525. The van der Waals surface area contributed by atoms with Crippen LogP contribution in [0.3, 0.4) is 0 Å². The van der Waals surface area contributed by atoms with Gasteiger partial charge < -0.3 is 23.6 Å². The first-order valence-electron chi connectivity index (χ1n) is 10.6. The highest BCUT2D eigenvalue weighted by molar-refractivity contribution is 5.77. The Morgan fingerprint density at radius 3 is 2.62 bits per heavy atom. The van der Waals surface area contributed by atoms with E-state index in [2.05, 4.69) is 10.1 Å². The monoisotopic (exact) mass is 437 g/mol. The number of amides is 1. The minimum absolute atomic E-state index is 0.0734. The molecule has 4 rings (SSSR count). The number of benzene rings is 2.